The summed E-state index contributed by atoms with van der Waals surface area (Å²) in [4.78, 5) is 15.3. The molecule has 0 bridgehead atoms. The number of hydrogen-bond donors (Lipinski definition) is 0. The number of rotatable bonds is 5. The van der Waals surface area contributed by atoms with Crippen molar-refractivity contribution in [2.45, 2.75) is 11.9 Å². The third-order valence-corrected chi connectivity index (χ3v) is 6.30. The maximum absolute atomic E-state index is 12.3. The number of methoxy groups -OCH3 is 2. The highest BCUT2D eigenvalue weighted by Crippen LogP contribution is 2.44. The number of hydrogen-bond acceptors (Lipinski definition) is 5. The highest BCUT2D eigenvalue weighted by molar-refractivity contribution is 8.00. The van der Waals surface area contributed by atoms with E-state index < -0.39 is 0 Å². The smallest absolute Gasteiger partial charge is 0.234 e. The molecule has 0 spiro atoms. The Labute approximate surface area is 148 Å². The molecule has 23 heavy (non-hydrogen) atoms. The normalized spacial score (nSPS) is 17.6. The number of thioether (sulfide) groups is 1. The first-order valence-corrected chi connectivity index (χ1v) is 9.24. The molecule has 1 atom stereocenters. The van der Waals surface area contributed by atoms with Crippen molar-refractivity contribution in [2.24, 2.45) is 0 Å². The van der Waals surface area contributed by atoms with Crippen LogP contribution in [-0.2, 0) is 11.3 Å². The standard InChI is InChI=1S/C16H16ClNO3S2/c1-20-11-5-3-4-10(15(11)21-2)8-18-14(19)9-22-16(18)12-6-7-13(17)23-12/h3-7,16H,8-9H2,1-2H3. The summed E-state index contributed by atoms with van der Waals surface area (Å²) in [6.07, 6.45) is 0. The second-order valence-corrected chi connectivity index (χ2v) is 7.79. The molecule has 122 valence electrons. The molecule has 2 heterocycles. The van der Waals surface area contributed by atoms with E-state index in [4.69, 9.17) is 21.1 Å². The van der Waals surface area contributed by atoms with Gasteiger partial charge in [-0.05, 0) is 18.2 Å². The van der Waals surface area contributed by atoms with Gasteiger partial charge >= 0.3 is 0 Å². The molecule has 0 aliphatic carbocycles. The molecule has 4 nitrogen and oxygen atoms in total. The molecule has 1 saturated heterocycles. The number of carbonyl (C=O) groups is 1. The zero-order chi connectivity index (χ0) is 16.4. The summed E-state index contributed by atoms with van der Waals surface area (Å²) in [6.45, 7) is 0.479. The number of amides is 1. The minimum absolute atomic E-state index is 0.00379. The highest BCUT2D eigenvalue weighted by atomic mass is 35.5. The molecule has 1 fully saturated rings. The fraction of sp³-hybridized carbons (Fsp3) is 0.312. The van der Waals surface area contributed by atoms with E-state index in [1.807, 2.05) is 35.2 Å². The number of ether oxygens (including phenoxy) is 2. The lowest BCUT2D eigenvalue weighted by molar-refractivity contribution is -0.128. The quantitative estimate of drug-likeness (QED) is 0.792. The van der Waals surface area contributed by atoms with E-state index >= 15 is 0 Å². The third-order valence-electron chi connectivity index (χ3n) is 3.63. The molecule has 1 aromatic carbocycles. The molecule has 7 heteroatoms. The van der Waals surface area contributed by atoms with Gasteiger partial charge in [0.1, 0.15) is 5.37 Å². The lowest BCUT2D eigenvalue weighted by atomic mass is 10.1. The van der Waals surface area contributed by atoms with Gasteiger partial charge in [0.15, 0.2) is 11.5 Å². The van der Waals surface area contributed by atoms with E-state index in [1.54, 1.807) is 26.0 Å². The zero-order valence-electron chi connectivity index (χ0n) is 12.7. The summed E-state index contributed by atoms with van der Waals surface area (Å²) < 4.78 is 11.5. The van der Waals surface area contributed by atoms with Crippen molar-refractivity contribution in [3.8, 4) is 11.5 Å². The summed E-state index contributed by atoms with van der Waals surface area (Å²) in [5.41, 5.74) is 0.926. The number of nitrogens with zero attached hydrogens (tertiary/aromatic N) is 1. The molecule has 1 aliphatic heterocycles. The Bertz CT molecular complexity index is 719. The van der Waals surface area contributed by atoms with Crippen molar-refractivity contribution in [2.75, 3.05) is 20.0 Å². The Morgan fingerprint density at radius 1 is 1.26 bits per heavy atom. The van der Waals surface area contributed by atoms with Gasteiger partial charge in [0.2, 0.25) is 5.91 Å². The summed E-state index contributed by atoms with van der Waals surface area (Å²) >= 11 is 9.18. The van der Waals surface area contributed by atoms with Crippen molar-refractivity contribution in [3.63, 3.8) is 0 Å². The van der Waals surface area contributed by atoms with Crippen LogP contribution in [0.15, 0.2) is 30.3 Å². The molecular formula is C16H16ClNO3S2. The Balaban J connectivity index is 1.90. The van der Waals surface area contributed by atoms with Gasteiger partial charge in [-0.25, -0.2) is 0 Å². The van der Waals surface area contributed by atoms with Gasteiger partial charge in [-0.1, -0.05) is 23.7 Å². The van der Waals surface area contributed by atoms with Crippen LogP contribution in [0.2, 0.25) is 4.34 Å². The summed E-state index contributed by atoms with van der Waals surface area (Å²) in [5.74, 6) is 1.93. The van der Waals surface area contributed by atoms with Crippen LogP contribution < -0.4 is 9.47 Å². The van der Waals surface area contributed by atoms with E-state index in [9.17, 15) is 4.79 Å². The fourth-order valence-electron chi connectivity index (χ4n) is 2.58. The van der Waals surface area contributed by atoms with Gasteiger partial charge in [-0.3, -0.25) is 4.79 Å². The van der Waals surface area contributed by atoms with Crippen LogP contribution in [0.4, 0.5) is 0 Å². The molecule has 0 radical (unpaired) electrons. The van der Waals surface area contributed by atoms with Crippen LogP contribution in [0, 0.1) is 0 Å². The van der Waals surface area contributed by atoms with E-state index in [0.29, 0.717) is 23.8 Å². The minimum atomic E-state index is -0.00379. The largest absolute Gasteiger partial charge is 0.493 e. The summed E-state index contributed by atoms with van der Waals surface area (Å²) in [7, 11) is 3.22. The Morgan fingerprint density at radius 2 is 2.09 bits per heavy atom. The predicted molar refractivity (Wildman–Crippen MR) is 94.6 cm³/mol. The first-order valence-electron chi connectivity index (χ1n) is 7.00. The van der Waals surface area contributed by atoms with E-state index in [2.05, 4.69) is 0 Å². The van der Waals surface area contributed by atoms with Crippen LogP contribution in [-0.4, -0.2) is 30.8 Å². The van der Waals surface area contributed by atoms with Gasteiger partial charge < -0.3 is 14.4 Å². The summed E-state index contributed by atoms with van der Waals surface area (Å²) in [6, 6.07) is 9.56. The van der Waals surface area contributed by atoms with Crippen molar-refractivity contribution >= 4 is 40.6 Å². The molecule has 2 aromatic rings. The molecule has 1 aromatic heterocycles. The van der Waals surface area contributed by atoms with E-state index in [1.165, 1.54) is 11.3 Å². The zero-order valence-corrected chi connectivity index (χ0v) is 15.1. The fourth-order valence-corrected chi connectivity index (χ4v) is 5.07. The van der Waals surface area contributed by atoms with Crippen LogP contribution in [0.5, 0.6) is 11.5 Å². The number of carbonyl (C=O) groups excluding carboxylic acids is 1. The monoisotopic (exact) mass is 369 g/mol. The van der Waals surface area contributed by atoms with Crippen molar-refractivity contribution in [1.29, 1.82) is 0 Å². The number of para-hydroxylation sites is 1. The maximum atomic E-state index is 12.3. The maximum Gasteiger partial charge on any atom is 0.234 e. The Kier molecular flexibility index (Phi) is 5.04. The van der Waals surface area contributed by atoms with Crippen molar-refractivity contribution in [3.05, 3.63) is 45.1 Å². The van der Waals surface area contributed by atoms with E-state index in [0.717, 1.165) is 14.8 Å². The van der Waals surface area contributed by atoms with Crippen LogP contribution in [0.3, 0.4) is 0 Å². The van der Waals surface area contributed by atoms with Crippen molar-refractivity contribution in [1.82, 2.24) is 4.90 Å². The topological polar surface area (TPSA) is 38.8 Å². The molecule has 3 rings (SSSR count). The average Bonchev–Trinajstić information content (AvgIpc) is 3.13. The second kappa shape index (κ2) is 7.03. The second-order valence-electron chi connectivity index (χ2n) is 4.98. The molecular weight excluding hydrogens is 354 g/mol. The van der Waals surface area contributed by atoms with Crippen LogP contribution in [0.1, 0.15) is 15.8 Å². The highest BCUT2D eigenvalue weighted by Gasteiger charge is 2.34. The van der Waals surface area contributed by atoms with E-state index in [-0.39, 0.29) is 11.3 Å². The molecule has 0 saturated carbocycles. The summed E-state index contributed by atoms with van der Waals surface area (Å²) in [5, 5.41) is -0.00379. The van der Waals surface area contributed by atoms with Gasteiger partial charge in [0.25, 0.3) is 0 Å². The number of thiophene rings is 1. The van der Waals surface area contributed by atoms with Gasteiger partial charge in [0.05, 0.1) is 30.9 Å². The minimum Gasteiger partial charge on any atom is -0.493 e. The number of halogens is 1. The van der Waals surface area contributed by atoms with Crippen LogP contribution >= 0.6 is 34.7 Å². The Morgan fingerprint density at radius 3 is 2.74 bits per heavy atom. The third kappa shape index (κ3) is 3.29. The lowest BCUT2D eigenvalue weighted by Crippen LogP contribution is -2.27. The predicted octanol–water partition coefficient (Wildman–Crippen LogP) is 4.19. The van der Waals surface area contributed by atoms with Gasteiger partial charge in [-0.15, -0.1) is 23.1 Å². The average molecular weight is 370 g/mol. The Hall–Kier alpha value is -1.37. The van der Waals surface area contributed by atoms with Crippen molar-refractivity contribution < 1.29 is 14.3 Å². The SMILES string of the molecule is COc1cccc(CN2C(=O)CSC2c2ccc(Cl)s2)c1OC. The molecule has 1 unspecified atom stereocenters. The first kappa shape index (κ1) is 16.5. The molecule has 1 aliphatic rings. The number of benzene rings is 1. The first-order chi connectivity index (χ1) is 11.1. The van der Waals surface area contributed by atoms with Gasteiger partial charge in [0, 0.05) is 10.4 Å². The van der Waals surface area contributed by atoms with Gasteiger partial charge in [-0.2, -0.15) is 0 Å². The lowest BCUT2D eigenvalue weighted by Gasteiger charge is -2.24. The molecule has 0 N–H and O–H groups in total. The molecule has 1 amide bonds. The van der Waals surface area contributed by atoms with Crippen LogP contribution in [0.25, 0.3) is 0 Å².